The average molecular weight is 412 g/mol. The first-order valence-corrected chi connectivity index (χ1v) is 7.89. The first-order valence-electron chi connectivity index (χ1n) is 7.09. The van der Waals surface area contributed by atoms with Crippen LogP contribution in [0.3, 0.4) is 0 Å². The summed E-state index contributed by atoms with van der Waals surface area (Å²) in [6, 6.07) is 9.94. The van der Waals surface area contributed by atoms with E-state index in [1.54, 1.807) is 18.2 Å². The molecule has 0 unspecified atom stereocenters. The van der Waals surface area contributed by atoms with Crippen molar-refractivity contribution in [3.05, 3.63) is 63.6 Å². The third-order valence-corrected chi connectivity index (χ3v) is 3.90. The molecule has 0 aliphatic carbocycles. The zero-order chi connectivity index (χ0) is 18.4. The molecule has 130 valence electrons. The molecule has 0 spiro atoms. The number of carbonyl (C=O) groups excluding carboxylic acids is 1. The molecule has 0 heterocycles. The van der Waals surface area contributed by atoms with Crippen LogP contribution in [0.15, 0.2) is 46.9 Å². The number of hydrogen-bond donors (Lipinski definition) is 1. The lowest BCUT2D eigenvalue weighted by molar-refractivity contribution is -0.137. The van der Waals surface area contributed by atoms with Gasteiger partial charge in [0.15, 0.2) is 0 Å². The van der Waals surface area contributed by atoms with Gasteiger partial charge in [0.25, 0.3) is 5.91 Å². The summed E-state index contributed by atoms with van der Waals surface area (Å²) in [6.07, 6.45) is -4.47. The van der Waals surface area contributed by atoms with Gasteiger partial charge in [-0.2, -0.15) is 13.2 Å². The molecule has 25 heavy (non-hydrogen) atoms. The summed E-state index contributed by atoms with van der Waals surface area (Å²) in [7, 11) is 1.48. The quantitative estimate of drug-likeness (QED) is 0.766. The van der Waals surface area contributed by atoms with Gasteiger partial charge in [-0.1, -0.05) is 24.0 Å². The second-order valence-electron chi connectivity index (χ2n) is 4.87. The molecule has 0 aromatic heterocycles. The summed E-state index contributed by atoms with van der Waals surface area (Å²) >= 11 is 3.26. The van der Waals surface area contributed by atoms with Gasteiger partial charge in [0.2, 0.25) is 0 Å². The minimum atomic E-state index is -4.47. The van der Waals surface area contributed by atoms with Crippen molar-refractivity contribution >= 4 is 21.8 Å². The molecule has 2 rings (SSSR count). The summed E-state index contributed by atoms with van der Waals surface area (Å²) in [5, 5.41) is 2.54. The third-order valence-electron chi connectivity index (χ3n) is 3.21. The van der Waals surface area contributed by atoms with Gasteiger partial charge in [-0.25, -0.2) is 0 Å². The molecule has 0 radical (unpaired) electrons. The van der Waals surface area contributed by atoms with E-state index in [1.807, 2.05) is 0 Å². The number of carbonyl (C=O) groups is 1. The van der Waals surface area contributed by atoms with Crippen LogP contribution in [0.2, 0.25) is 0 Å². The van der Waals surface area contributed by atoms with Gasteiger partial charge < -0.3 is 10.1 Å². The van der Waals surface area contributed by atoms with Gasteiger partial charge in [-0.05, 0) is 46.3 Å². The average Bonchev–Trinajstić information content (AvgIpc) is 2.58. The largest absolute Gasteiger partial charge is 0.497 e. The van der Waals surface area contributed by atoms with Crippen molar-refractivity contribution in [3.8, 4) is 17.6 Å². The molecular weight excluding hydrogens is 399 g/mol. The number of ether oxygens (including phenoxy) is 1. The number of hydrogen-bond acceptors (Lipinski definition) is 2. The fourth-order valence-electron chi connectivity index (χ4n) is 2.00. The van der Waals surface area contributed by atoms with Crippen LogP contribution >= 0.6 is 15.9 Å². The molecule has 0 aliphatic heterocycles. The molecule has 0 atom stereocenters. The van der Waals surface area contributed by atoms with Gasteiger partial charge >= 0.3 is 6.18 Å². The number of halogens is 4. The van der Waals surface area contributed by atoms with Crippen LogP contribution in [0.5, 0.6) is 5.75 Å². The minimum absolute atomic E-state index is 0.0886. The van der Waals surface area contributed by atoms with Gasteiger partial charge in [-0.3, -0.25) is 4.79 Å². The predicted octanol–water partition coefficient (Wildman–Crippen LogP) is 4.26. The highest BCUT2D eigenvalue weighted by molar-refractivity contribution is 9.10. The van der Waals surface area contributed by atoms with Gasteiger partial charge in [0.05, 0.1) is 24.8 Å². The summed E-state index contributed by atoms with van der Waals surface area (Å²) in [5.74, 6) is 5.08. The van der Waals surface area contributed by atoms with Crippen LogP contribution < -0.4 is 10.1 Å². The zero-order valence-electron chi connectivity index (χ0n) is 13.1. The Kier molecular flexibility index (Phi) is 6.10. The number of amides is 1. The van der Waals surface area contributed by atoms with Crippen molar-refractivity contribution in [2.24, 2.45) is 0 Å². The lowest BCUT2D eigenvalue weighted by atomic mass is 10.1. The topological polar surface area (TPSA) is 38.3 Å². The Morgan fingerprint density at radius 3 is 2.64 bits per heavy atom. The number of rotatable bonds is 3. The standard InChI is InChI=1S/C18H13BrF3NO2/c1-25-13-8-9-16(19)14(11-13)17(24)23-10-4-6-12-5-2-3-7-15(12)18(20,21)22/h2-3,5,7-9,11H,10H2,1H3,(H,23,24). The molecule has 7 heteroatoms. The molecule has 1 N–H and O–H groups in total. The van der Waals surface area contributed by atoms with Crippen molar-refractivity contribution in [2.75, 3.05) is 13.7 Å². The van der Waals surface area contributed by atoms with E-state index < -0.39 is 17.6 Å². The fraction of sp³-hybridized carbons (Fsp3) is 0.167. The monoisotopic (exact) mass is 411 g/mol. The summed E-state index contributed by atoms with van der Waals surface area (Å²) < 4.78 is 44.2. The highest BCUT2D eigenvalue weighted by atomic mass is 79.9. The number of alkyl halides is 3. The molecule has 0 saturated heterocycles. The van der Waals surface area contributed by atoms with Crippen molar-refractivity contribution in [1.29, 1.82) is 0 Å². The first kappa shape index (κ1) is 18.9. The maximum atomic E-state index is 12.9. The Balaban J connectivity index is 2.08. The van der Waals surface area contributed by atoms with Gasteiger partial charge in [0, 0.05) is 10.0 Å². The highest BCUT2D eigenvalue weighted by Gasteiger charge is 2.32. The molecule has 0 bridgehead atoms. The molecule has 3 nitrogen and oxygen atoms in total. The van der Waals surface area contributed by atoms with Crippen molar-refractivity contribution in [2.45, 2.75) is 6.18 Å². The van der Waals surface area contributed by atoms with Crippen LogP contribution in [0, 0.1) is 11.8 Å². The summed E-state index contributed by atoms with van der Waals surface area (Å²) in [6.45, 7) is -0.0886. The first-order chi connectivity index (χ1) is 11.8. The smallest absolute Gasteiger partial charge is 0.417 e. The van der Waals surface area contributed by atoms with E-state index in [9.17, 15) is 18.0 Å². The van der Waals surface area contributed by atoms with E-state index in [1.165, 1.54) is 25.3 Å². The van der Waals surface area contributed by atoms with Gasteiger partial charge in [-0.15, -0.1) is 0 Å². The molecule has 0 saturated carbocycles. The third kappa shape index (κ3) is 5.00. The van der Waals surface area contributed by atoms with E-state index >= 15 is 0 Å². The second kappa shape index (κ2) is 8.08. The number of nitrogens with one attached hydrogen (secondary N) is 1. The Morgan fingerprint density at radius 1 is 1.24 bits per heavy atom. The fourth-order valence-corrected chi connectivity index (χ4v) is 2.43. The van der Waals surface area contributed by atoms with Crippen molar-refractivity contribution in [3.63, 3.8) is 0 Å². The lowest BCUT2D eigenvalue weighted by Crippen LogP contribution is -2.24. The summed E-state index contributed by atoms with van der Waals surface area (Å²) in [5.41, 5.74) is -0.590. The molecular formula is C18H13BrF3NO2. The lowest BCUT2D eigenvalue weighted by Gasteiger charge is -2.08. The van der Waals surface area contributed by atoms with Crippen molar-refractivity contribution in [1.82, 2.24) is 5.32 Å². The minimum Gasteiger partial charge on any atom is -0.497 e. The maximum Gasteiger partial charge on any atom is 0.417 e. The van der Waals surface area contributed by atoms with E-state index in [2.05, 4.69) is 33.1 Å². The Hall–Kier alpha value is -2.46. The predicted molar refractivity (Wildman–Crippen MR) is 91.3 cm³/mol. The van der Waals surface area contributed by atoms with Crippen molar-refractivity contribution < 1.29 is 22.7 Å². The Bertz CT molecular complexity index is 838. The molecule has 1 amide bonds. The van der Waals surface area contributed by atoms with E-state index in [4.69, 9.17) is 4.74 Å². The molecule has 0 fully saturated rings. The normalized spacial score (nSPS) is 10.6. The Labute approximate surface area is 151 Å². The van der Waals surface area contributed by atoms with Gasteiger partial charge in [0.1, 0.15) is 5.75 Å². The van der Waals surface area contributed by atoms with Crippen LogP contribution in [0.1, 0.15) is 21.5 Å². The number of methoxy groups -OCH3 is 1. The van der Waals surface area contributed by atoms with Crippen LogP contribution in [0.4, 0.5) is 13.2 Å². The van der Waals surface area contributed by atoms with E-state index in [-0.39, 0.29) is 12.1 Å². The van der Waals surface area contributed by atoms with Crippen LogP contribution in [-0.4, -0.2) is 19.6 Å². The van der Waals surface area contributed by atoms with E-state index in [0.29, 0.717) is 15.8 Å². The SMILES string of the molecule is COc1ccc(Br)c(C(=O)NCC#Cc2ccccc2C(F)(F)F)c1. The molecule has 2 aromatic carbocycles. The highest BCUT2D eigenvalue weighted by Crippen LogP contribution is 2.31. The van der Waals surface area contributed by atoms with Crippen LogP contribution in [-0.2, 0) is 6.18 Å². The Morgan fingerprint density at radius 2 is 1.96 bits per heavy atom. The summed E-state index contributed by atoms with van der Waals surface area (Å²) in [4.78, 5) is 12.1. The van der Waals surface area contributed by atoms with E-state index in [0.717, 1.165) is 6.07 Å². The maximum absolute atomic E-state index is 12.9. The van der Waals surface area contributed by atoms with Crippen LogP contribution in [0.25, 0.3) is 0 Å². The molecule has 0 aliphatic rings. The molecule has 2 aromatic rings. The second-order valence-corrected chi connectivity index (χ2v) is 5.73. The zero-order valence-corrected chi connectivity index (χ0v) is 14.7. The number of benzene rings is 2.